The Balaban J connectivity index is 2.67. The van der Waals surface area contributed by atoms with Crippen molar-refractivity contribution >= 4 is 0 Å². The van der Waals surface area contributed by atoms with Crippen molar-refractivity contribution in [3.8, 4) is 0 Å². The van der Waals surface area contributed by atoms with Crippen molar-refractivity contribution in [1.29, 1.82) is 0 Å². The first-order valence-corrected chi connectivity index (χ1v) is 4.44. The maximum absolute atomic E-state index is 13.3. The van der Waals surface area contributed by atoms with Gasteiger partial charge in [-0.15, -0.1) is 0 Å². The molecule has 4 heteroatoms. The van der Waals surface area contributed by atoms with Crippen molar-refractivity contribution in [2.24, 2.45) is 11.7 Å². The zero-order valence-corrected chi connectivity index (χ0v) is 7.65. The molecule has 2 rings (SSSR count). The smallest absolute Gasteiger partial charge is 0.164 e. The number of hydrogen-bond acceptors (Lipinski definition) is 1. The molecular weight excluding hydrogens is 191 g/mol. The van der Waals surface area contributed by atoms with Crippen LogP contribution in [0.15, 0.2) is 6.07 Å². The third-order valence-electron chi connectivity index (χ3n) is 2.79. The van der Waals surface area contributed by atoms with Gasteiger partial charge in [-0.2, -0.15) is 0 Å². The average Bonchev–Trinajstić information content (AvgIpc) is 2.41. The van der Waals surface area contributed by atoms with Crippen LogP contribution < -0.4 is 5.73 Å². The van der Waals surface area contributed by atoms with Gasteiger partial charge >= 0.3 is 0 Å². The van der Waals surface area contributed by atoms with Crippen molar-refractivity contribution in [3.05, 3.63) is 34.6 Å². The van der Waals surface area contributed by atoms with Gasteiger partial charge in [-0.3, -0.25) is 0 Å². The Morgan fingerprint density at radius 2 is 1.93 bits per heavy atom. The first-order valence-electron chi connectivity index (χ1n) is 4.44. The van der Waals surface area contributed by atoms with Gasteiger partial charge in [-0.25, -0.2) is 13.2 Å². The highest BCUT2D eigenvalue weighted by Gasteiger charge is 2.33. The molecule has 0 saturated carbocycles. The van der Waals surface area contributed by atoms with Gasteiger partial charge in [-0.05, 0) is 17.9 Å². The highest BCUT2D eigenvalue weighted by molar-refractivity contribution is 5.38. The third-order valence-corrected chi connectivity index (χ3v) is 2.79. The van der Waals surface area contributed by atoms with E-state index in [4.69, 9.17) is 5.73 Å². The van der Waals surface area contributed by atoms with E-state index in [0.717, 1.165) is 0 Å². The maximum Gasteiger partial charge on any atom is 0.164 e. The summed E-state index contributed by atoms with van der Waals surface area (Å²) in [6.45, 7) is 1.79. The van der Waals surface area contributed by atoms with Crippen LogP contribution in [0.25, 0.3) is 0 Å². The van der Waals surface area contributed by atoms with Gasteiger partial charge in [0.15, 0.2) is 11.6 Å². The fourth-order valence-electron chi connectivity index (χ4n) is 1.94. The minimum atomic E-state index is -1.16. The molecule has 76 valence electrons. The lowest BCUT2D eigenvalue weighted by Gasteiger charge is -2.10. The largest absolute Gasteiger partial charge is 0.324 e. The number of fused-ring (bicyclic) bond motifs is 1. The summed E-state index contributed by atoms with van der Waals surface area (Å²) in [5.41, 5.74) is 5.89. The zero-order chi connectivity index (χ0) is 10.5. The SMILES string of the molecule is CC1Cc2c(F)cc(F)c(F)c2C1N. The predicted molar refractivity (Wildman–Crippen MR) is 46.1 cm³/mol. The molecule has 1 aromatic carbocycles. The molecule has 0 heterocycles. The molecule has 0 amide bonds. The summed E-state index contributed by atoms with van der Waals surface area (Å²) < 4.78 is 39.4. The lowest BCUT2D eigenvalue weighted by Crippen LogP contribution is -2.15. The summed E-state index contributed by atoms with van der Waals surface area (Å²) >= 11 is 0. The first-order chi connectivity index (χ1) is 6.52. The normalized spacial score (nSPS) is 25.2. The van der Waals surface area contributed by atoms with Crippen molar-refractivity contribution in [2.75, 3.05) is 0 Å². The van der Waals surface area contributed by atoms with Gasteiger partial charge in [0.05, 0.1) is 0 Å². The molecule has 0 aromatic heterocycles. The van der Waals surface area contributed by atoms with Crippen LogP contribution in [0.1, 0.15) is 24.1 Å². The van der Waals surface area contributed by atoms with Crippen LogP contribution in [0.5, 0.6) is 0 Å². The van der Waals surface area contributed by atoms with E-state index in [9.17, 15) is 13.2 Å². The second kappa shape index (κ2) is 2.98. The molecule has 2 unspecified atom stereocenters. The predicted octanol–water partition coefficient (Wildman–Crippen LogP) is 2.30. The van der Waals surface area contributed by atoms with Crippen molar-refractivity contribution in [1.82, 2.24) is 0 Å². The van der Waals surface area contributed by atoms with Crippen molar-refractivity contribution in [2.45, 2.75) is 19.4 Å². The summed E-state index contributed by atoms with van der Waals surface area (Å²) in [6.07, 6.45) is 0.375. The molecule has 0 spiro atoms. The summed E-state index contributed by atoms with van der Waals surface area (Å²) in [4.78, 5) is 0. The van der Waals surface area contributed by atoms with Crippen molar-refractivity contribution < 1.29 is 13.2 Å². The summed E-state index contributed by atoms with van der Waals surface area (Å²) in [6, 6.07) is -0.0194. The molecule has 1 nitrogen and oxygen atoms in total. The van der Waals surface area contributed by atoms with Crippen LogP contribution in [0, 0.1) is 23.4 Å². The highest BCUT2D eigenvalue weighted by Crippen LogP contribution is 2.37. The second-order valence-corrected chi connectivity index (χ2v) is 3.75. The third kappa shape index (κ3) is 1.14. The molecule has 0 radical (unpaired) electrons. The summed E-state index contributed by atoms with van der Waals surface area (Å²) in [5, 5.41) is 0. The Morgan fingerprint density at radius 1 is 1.29 bits per heavy atom. The van der Waals surface area contributed by atoms with Crippen LogP contribution in [-0.2, 0) is 6.42 Å². The standard InChI is InChI=1S/C10H10F3N/c1-4-2-5-6(11)3-7(12)9(13)8(5)10(4)14/h3-4,10H,2,14H2,1H3. The molecule has 0 aliphatic heterocycles. The highest BCUT2D eigenvalue weighted by atomic mass is 19.2. The first kappa shape index (κ1) is 9.52. The Morgan fingerprint density at radius 3 is 2.57 bits per heavy atom. The number of halogens is 3. The Labute approximate surface area is 79.7 Å². The van der Waals surface area contributed by atoms with Gasteiger partial charge in [-0.1, -0.05) is 6.92 Å². The molecule has 0 saturated heterocycles. The summed E-state index contributed by atoms with van der Waals surface area (Å²) in [7, 11) is 0. The number of benzene rings is 1. The number of hydrogen-bond donors (Lipinski definition) is 1. The second-order valence-electron chi connectivity index (χ2n) is 3.75. The Kier molecular flexibility index (Phi) is 2.03. The van der Waals surface area contributed by atoms with E-state index in [2.05, 4.69) is 0 Å². The minimum absolute atomic E-state index is 0.00926. The van der Waals surface area contributed by atoms with Crippen molar-refractivity contribution in [3.63, 3.8) is 0 Å². The topological polar surface area (TPSA) is 26.0 Å². The van der Waals surface area contributed by atoms with Gasteiger partial charge in [0.1, 0.15) is 5.82 Å². The molecule has 14 heavy (non-hydrogen) atoms. The molecule has 2 N–H and O–H groups in total. The van der Waals surface area contributed by atoms with E-state index < -0.39 is 23.5 Å². The van der Waals surface area contributed by atoms with Crippen LogP contribution >= 0.6 is 0 Å². The average molecular weight is 201 g/mol. The van der Waals surface area contributed by atoms with Gasteiger partial charge in [0.25, 0.3) is 0 Å². The molecular formula is C10H10F3N. The van der Waals surface area contributed by atoms with Gasteiger partial charge < -0.3 is 5.73 Å². The fraction of sp³-hybridized carbons (Fsp3) is 0.400. The van der Waals surface area contributed by atoms with Crippen LogP contribution in [-0.4, -0.2) is 0 Å². The lowest BCUT2D eigenvalue weighted by atomic mass is 10.0. The quantitative estimate of drug-likeness (QED) is 0.640. The molecule has 2 atom stereocenters. The van der Waals surface area contributed by atoms with Crippen LogP contribution in [0.3, 0.4) is 0 Å². The van der Waals surface area contributed by atoms with Gasteiger partial charge in [0.2, 0.25) is 0 Å². The molecule has 1 aromatic rings. The van der Waals surface area contributed by atoms with E-state index in [-0.39, 0.29) is 17.0 Å². The molecule has 1 aliphatic rings. The zero-order valence-electron chi connectivity index (χ0n) is 7.65. The molecule has 0 bridgehead atoms. The number of rotatable bonds is 0. The monoisotopic (exact) mass is 201 g/mol. The van der Waals surface area contributed by atoms with E-state index in [1.54, 1.807) is 6.92 Å². The number of nitrogens with two attached hydrogens (primary N) is 1. The van der Waals surface area contributed by atoms with E-state index in [1.165, 1.54) is 0 Å². The van der Waals surface area contributed by atoms with E-state index in [1.807, 2.05) is 0 Å². The Bertz CT molecular complexity index is 389. The lowest BCUT2D eigenvalue weighted by molar-refractivity contribution is 0.463. The summed E-state index contributed by atoms with van der Waals surface area (Å²) in [5.74, 6) is -2.90. The Hall–Kier alpha value is -1.03. The molecule has 0 fully saturated rings. The van der Waals surface area contributed by atoms with E-state index in [0.29, 0.717) is 12.5 Å². The molecule has 1 aliphatic carbocycles. The van der Waals surface area contributed by atoms with Crippen LogP contribution in [0.4, 0.5) is 13.2 Å². The van der Waals surface area contributed by atoms with E-state index >= 15 is 0 Å². The minimum Gasteiger partial charge on any atom is -0.324 e. The maximum atomic E-state index is 13.3. The van der Waals surface area contributed by atoms with Crippen LogP contribution in [0.2, 0.25) is 0 Å². The fourth-order valence-corrected chi connectivity index (χ4v) is 1.94. The van der Waals surface area contributed by atoms with Gasteiger partial charge in [0, 0.05) is 17.7 Å².